The molecule has 0 heterocycles. The Morgan fingerprint density at radius 3 is 2.56 bits per heavy atom. The highest BCUT2D eigenvalue weighted by molar-refractivity contribution is 4.92. The molecule has 0 aliphatic rings. The lowest BCUT2D eigenvalue weighted by molar-refractivity contribution is 0.291. The Morgan fingerprint density at radius 2 is 2.06 bits per heavy atom. The van der Waals surface area contributed by atoms with Gasteiger partial charge in [0.25, 0.3) is 0 Å². The molecule has 0 aromatic carbocycles. The monoisotopic (exact) mass is 222 g/mol. The van der Waals surface area contributed by atoms with Gasteiger partial charge >= 0.3 is 0 Å². The van der Waals surface area contributed by atoms with Crippen molar-refractivity contribution < 1.29 is 0 Å². The maximum absolute atomic E-state index is 8.64. The summed E-state index contributed by atoms with van der Waals surface area (Å²) in [6.07, 6.45) is 5.96. The van der Waals surface area contributed by atoms with Crippen molar-refractivity contribution in [3.63, 3.8) is 0 Å². The Morgan fingerprint density at radius 1 is 1.38 bits per heavy atom. The lowest BCUT2D eigenvalue weighted by Crippen LogP contribution is -2.26. The first-order valence-electron chi connectivity index (χ1n) is 6.32. The van der Waals surface area contributed by atoms with Crippen LogP contribution in [0.4, 0.5) is 0 Å². The first kappa shape index (κ1) is 15.2. The van der Waals surface area contributed by atoms with Crippen molar-refractivity contribution in [1.29, 1.82) is 5.26 Å². The second kappa shape index (κ2) is 9.42. The minimum absolute atomic E-state index is 0.567. The molecule has 0 saturated heterocycles. The molecule has 0 saturated carbocycles. The van der Waals surface area contributed by atoms with Crippen molar-refractivity contribution in [1.82, 2.24) is 4.90 Å². The first-order valence-corrected chi connectivity index (χ1v) is 6.32. The molecule has 2 heteroatoms. The lowest BCUT2D eigenvalue weighted by Gasteiger charge is -2.19. The zero-order chi connectivity index (χ0) is 12.4. The molecule has 0 rings (SSSR count). The number of nitrogens with zero attached hydrogens (tertiary/aromatic N) is 2. The van der Waals surface area contributed by atoms with Crippen LogP contribution in [0.2, 0.25) is 0 Å². The summed E-state index contributed by atoms with van der Waals surface area (Å²) in [5.74, 6) is 0.753. The second-order valence-corrected chi connectivity index (χ2v) is 4.78. The van der Waals surface area contributed by atoms with E-state index in [-0.39, 0.29) is 0 Å². The highest BCUT2D eigenvalue weighted by Gasteiger charge is 2.05. The third kappa shape index (κ3) is 8.49. The van der Waals surface area contributed by atoms with Crippen molar-refractivity contribution >= 4 is 0 Å². The number of allylic oxidation sites excluding steroid dienone is 2. The van der Waals surface area contributed by atoms with Gasteiger partial charge < -0.3 is 0 Å². The molecule has 0 fully saturated rings. The van der Waals surface area contributed by atoms with Gasteiger partial charge in [0.1, 0.15) is 0 Å². The third-order valence-corrected chi connectivity index (χ3v) is 2.89. The summed E-state index contributed by atoms with van der Waals surface area (Å²) >= 11 is 0. The van der Waals surface area contributed by atoms with E-state index in [1.54, 1.807) is 0 Å². The van der Waals surface area contributed by atoms with Gasteiger partial charge in [-0.15, -0.1) is 0 Å². The third-order valence-electron chi connectivity index (χ3n) is 2.89. The van der Waals surface area contributed by atoms with Crippen LogP contribution in [0.15, 0.2) is 11.6 Å². The lowest BCUT2D eigenvalue weighted by atomic mass is 10.0. The van der Waals surface area contributed by atoms with Crippen LogP contribution in [0.5, 0.6) is 0 Å². The van der Waals surface area contributed by atoms with E-state index in [1.807, 2.05) is 0 Å². The van der Waals surface area contributed by atoms with Crippen molar-refractivity contribution in [3.05, 3.63) is 11.6 Å². The molecule has 0 N–H and O–H groups in total. The molecule has 0 radical (unpaired) electrons. The minimum atomic E-state index is 0.567. The fourth-order valence-electron chi connectivity index (χ4n) is 1.65. The molecular formula is C14H26N2. The number of rotatable bonds is 8. The van der Waals surface area contributed by atoms with Gasteiger partial charge in [0.15, 0.2) is 0 Å². The molecule has 0 aliphatic heterocycles. The fourth-order valence-corrected chi connectivity index (χ4v) is 1.65. The van der Waals surface area contributed by atoms with Gasteiger partial charge in [-0.1, -0.05) is 25.5 Å². The van der Waals surface area contributed by atoms with Crippen LogP contribution >= 0.6 is 0 Å². The van der Waals surface area contributed by atoms with Gasteiger partial charge in [0.2, 0.25) is 0 Å². The largest absolute Gasteiger partial charge is 0.291 e. The van der Waals surface area contributed by atoms with Crippen molar-refractivity contribution in [2.75, 3.05) is 19.6 Å². The summed E-state index contributed by atoms with van der Waals surface area (Å²) in [7, 11) is 0. The molecule has 0 spiro atoms. The van der Waals surface area contributed by atoms with Crippen molar-refractivity contribution in [3.8, 4) is 6.07 Å². The summed E-state index contributed by atoms with van der Waals surface area (Å²) in [4.78, 5) is 2.21. The van der Waals surface area contributed by atoms with E-state index >= 15 is 0 Å². The molecule has 0 amide bonds. The molecule has 0 aliphatic carbocycles. The topological polar surface area (TPSA) is 27.0 Å². The molecule has 92 valence electrons. The molecule has 16 heavy (non-hydrogen) atoms. The average Bonchev–Trinajstić information content (AvgIpc) is 2.23. The van der Waals surface area contributed by atoms with Crippen molar-refractivity contribution in [2.24, 2.45) is 5.92 Å². The predicted molar refractivity (Wildman–Crippen MR) is 70.2 cm³/mol. The van der Waals surface area contributed by atoms with E-state index in [1.165, 1.54) is 24.8 Å². The van der Waals surface area contributed by atoms with Crippen LogP contribution in [0.25, 0.3) is 0 Å². The van der Waals surface area contributed by atoms with E-state index < -0.39 is 0 Å². The summed E-state index contributed by atoms with van der Waals surface area (Å²) in [5, 5.41) is 8.64. The highest BCUT2D eigenvalue weighted by Crippen LogP contribution is 2.12. The second-order valence-electron chi connectivity index (χ2n) is 4.78. The Bertz CT molecular complexity index is 234. The quantitative estimate of drug-likeness (QED) is 0.463. The van der Waals surface area contributed by atoms with Crippen LogP contribution < -0.4 is 0 Å². The van der Waals surface area contributed by atoms with Crippen LogP contribution in [0, 0.1) is 17.2 Å². The van der Waals surface area contributed by atoms with E-state index in [9.17, 15) is 0 Å². The van der Waals surface area contributed by atoms with Gasteiger partial charge in [0, 0.05) is 0 Å². The van der Waals surface area contributed by atoms with Crippen LogP contribution in [-0.4, -0.2) is 24.5 Å². The summed E-state index contributed by atoms with van der Waals surface area (Å²) in [5.41, 5.74) is 1.41. The summed E-state index contributed by atoms with van der Waals surface area (Å²) in [6.45, 7) is 11.3. The molecule has 2 nitrogen and oxygen atoms in total. The molecular weight excluding hydrogens is 196 g/mol. The molecule has 1 atom stereocenters. The number of hydrogen-bond donors (Lipinski definition) is 0. The Hall–Kier alpha value is -0.810. The smallest absolute Gasteiger partial charge is 0.0865 e. The zero-order valence-corrected chi connectivity index (χ0v) is 11.3. The Kier molecular flexibility index (Phi) is 8.94. The maximum atomic E-state index is 8.64. The number of hydrogen-bond acceptors (Lipinski definition) is 2. The SMILES string of the molecule is CCN(CC#N)CCC(C)CCC=C(C)C. The van der Waals surface area contributed by atoms with Gasteiger partial charge in [0.05, 0.1) is 12.6 Å². The average molecular weight is 222 g/mol. The van der Waals surface area contributed by atoms with Gasteiger partial charge in [-0.25, -0.2) is 0 Å². The van der Waals surface area contributed by atoms with E-state index in [2.05, 4.69) is 44.7 Å². The highest BCUT2D eigenvalue weighted by atomic mass is 15.1. The van der Waals surface area contributed by atoms with E-state index in [0.29, 0.717) is 6.54 Å². The van der Waals surface area contributed by atoms with Gasteiger partial charge in [-0.3, -0.25) is 4.90 Å². The minimum Gasteiger partial charge on any atom is -0.291 e. The predicted octanol–water partition coefficient (Wildman–Crippen LogP) is 3.60. The van der Waals surface area contributed by atoms with Gasteiger partial charge in [-0.05, 0) is 52.1 Å². The molecule has 0 aromatic rings. The van der Waals surface area contributed by atoms with Crippen LogP contribution in [-0.2, 0) is 0 Å². The first-order chi connectivity index (χ1) is 7.60. The van der Waals surface area contributed by atoms with Crippen LogP contribution in [0.1, 0.15) is 47.0 Å². The zero-order valence-electron chi connectivity index (χ0n) is 11.3. The van der Waals surface area contributed by atoms with Crippen molar-refractivity contribution in [2.45, 2.75) is 47.0 Å². The standard InChI is InChI=1S/C14H26N2/c1-5-16(12-10-15)11-9-14(4)8-6-7-13(2)3/h7,14H,5-6,8-9,11-12H2,1-4H3. The normalized spacial score (nSPS) is 12.2. The Labute approximate surface area is 101 Å². The Balaban J connectivity index is 3.67. The van der Waals surface area contributed by atoms with Crippen LogP contribution in [0.3, 0.4) is 0 Å². The summed E-state index contributed by atoms with van der Waals surface area (Å²) in [6, 6.07) is 2.22. The van der Waals surface area contributed by atoms with Gasteiger partial charge in [-0.2, -0.15) is 5.26 Å². The molecule has 1 unspecified atom stereocenters. The maximum Gasteiger partial charge on any atom is 0.0865 e. The summed E-state index contributed by atoms with van der Waals surface area (Å²) < 4.78 is 0. The van der Waals surface area contributed by atoms with E-state index in [0.717, 1.165) is 19.0 Å². The van der Waals surface area contributed by atoms with E-state index in [4.69, 9.17) is 5.26 Å². The fraction of sp³-hybridized carbons (Fsp3) is 0.786. The molecule has 0 aromatic heterocycles. The number of nitriles is 1. The molecule has 0 bridgehead atoms.